The van der Waals surface area contributed by atoms with Gasteiger partial charge in [-0.3, -0.25) is 4.79 Å². The van der Waals surface area contributed by atoms with E-state index in [1.807, 2.05) is 32.7 Å². The Hall–Kier alpha value is -3.59. The number of nitrogens with zero attached hydrogens (tertiary/aromatic N) is 4. The Balaban J connectivity index is 1.55. The van der Waals surface area contributed by atoms with Crippen molar-refractivity contribution in [1.29, 1.82) is 0 Å². The van der Waals surface area contributed by atoms with E-state index in [2.05, 4.69) is 32.6 Å². The van der Waals surface area contributed by atoms with Gasteiger partial charge in [0, 0.05) is 24.1 Å². The van der Waals surface area contributed by atoms with E-state index in [1.165, 1.54) is 16.8 Å². The zero-order chi connectivity index (χ0) is 27.7. The van der Waals surface area contributed by atoms with Crippen LogP contribution in [0.3, 0.4) is 0 Å². The third kappa shape index (κ3) is 6.45. The highest BCUT2D eigenvalue weighted by molar-refractivity contribution is 5.92. The minimum Gasteiger partial charge on any atom is -0.448 e. The van der Waals surface area contributed by atoms with E-state index in [4.69, 9.17) is 4.42 Å². The molecule has 4 rings (SSSR count). The number of carbonyl (C=O) groups excluding carboxylic acids is 1. The Labute approximate surface area is 217 Å². The molecule has 0 aliphatic carbocycles. The summed E-state index contributed by atoms with van der Waals surface area (Å²) in [5, 5.41) is 9.98. The molecule has 0 unspecified atom stereocenters. The van der Waals surface area contributed by atoms with Gasteiger partial charge in [0.2, 0.25) is 0 Å². The van der Waals surface area contributed by atoms with E-state index in [-0.39, 0.29) is 41.0 Å². The van der Waals surface area contributed by atoms with E-state index in [1.54, 1.807) is 12.1 Å². The van der Waals surface area contributed by atoms with Crippen LogP contribution in [0, 0.1) is 11.8 Å². The number of aromatic nitrogens is 3. The average Bonchev–Trinajstić information content (AvgIpc) is 3.44. The van der Waals surface area contributed by atoms with Crippen LogP contribution in [0.4, 0.5) is 23.4 Å². The zero-order valence-electron chi connectivity index (χ0n) is 21.6. The van der Waals surface area contributed by atoms with Gasteiger partial charge in [0.1, 0.15) is 23.9 Å². The number of anilines is 1. The molecule has 0 bridgehead atoms. The van der Waals surface area contributed by atoms with E-state index >= 15 is 0 Å². The lowest BCUT2D eigenvalue weighted by Crippen LogP contribution is -2.46. The average molecular weight is 535 g/mol. The lowest BCUT2D eigenvalue weighted by atomic mass is 9.97. The highest BCUT2D eigenvalue weighted by Crippen LogP contribution is 2.29. The molecule has 204 valence electrons. The molecule has 38 heavy (non-hydrogen) atoms. The van der Waals surface area contributed by atoms with Crippen LogP contribution in [-0.2, 0) is 11.8 Å². The number of likely N-dealkylation sites (tertiary alicyclic amines) is 1. The van der Waals surface area contributed by atoms with Gasteiger partial charge in [-0.25, -0.2) is 13.9 Å². The first-order chi connectivity index (χ1) is 17.8. The molecule has 0 spiro atoms. The largest absolute Gasteiger partial charge is 0.448 e. The van der Waals surface area contributed by atoms with Crippen molar-refractivity contribution in [2.24, 2.45) is 0 Å². The molecule has 2 atom stereocenters. The van der Waals surface area contributed by atoms with Crippen LogP contribution in [-0.4, -0.2) is 70.5 Å². The van der Waals surface area contributed by atoms with E-state index in [0.29, 0.717) is 24.7 Å². The quantitative estimate of drug-likeness (QED) is 0.381. The fourth-order valence-electron chi connectivity index (χ4n) is 4.18. The van der Waals surface area contributed by atoms with Gasteiger partial charge in [-0.15, -0.1) is 0 Å². The Kier molecular flexibility index (Phi) is 7.69. The number of hydrogen-bond donors (Lipinski definition) is 2. The lowest BCUT2D eigenvalue weighted by Gasteiger charge is -2.33. The number of amides is 1. The highest BCUT2D eigenvalue weighted by atomic mass is 19.4. The van der Waals surface area contributed by atoms with Gasteiger partial charge in [0.25, 0.3) is 5.91 Å². The van der Waals surface area contributed by atoms with Crippen LogP contribution < -0.4 is 10.6 Å². The number of halogens is 4. The summed E-state index contributed by atoms with van der Waals surface area (Å²) >= 11 is 0. The third-order valence-electron chi connectivity index (χ3n) is 6.14. The van der Waals surface area contributed by atoms with Crippen LogP contribution in [0.25, 0.3) is 5.52 Å². The van der Waals surface area contributed by atoms with Crippen molar-refractivity contribution in [3.63, 3.8) is 0 Å². The van der Waals surface area contributed by atoms with E-state index < -0.39 is 30.7 Å². The van der Waals surface area contributed by atoms with Crippen molar-refractivity contribution in [2.75, 3.05) is 32.0 Å². The Morgan fingerprint density at radius 2 is 2.03 bits per heavy atom. The summed E-state index contributed by atoms with van der Waals surface area (Å²) in [6.45, 7) is 6.50. The molecule has 2 N–H and O–H groups in total. The Morgan fingerprint density at radius 3 is 2.68 bits per heavy atom. The van der Waals surface area contributed by atoms with Gasteiger partial charge in [-0.2, -0.15) is 18.3 Å². The molecular weight excluding hydrogens is 504 g/mol. The second-order valence-corrected chi connectivity index (χ2v) is 10.4. The summed E-state index contributed by atoms with van der Waals surface area (Å²) in [5.41, 5.74) is -0.226. The summed E-state index contributed by atoms with van der Waals surface area (Å²) in [5.74, 6) is 5.59. The summed E-state index contributed by atoms with van der Waals surface area (Å²) in [6, 6.07) is 4.27. The molecular formula is C26H30F4N6O2. The van der Waals surface area contributed by atoms with Crippen LogP contribution >= 0.6 is 0 Å². The fraction of sp³-hybridized carbons (Fsp3) is 0.500. The van der Waals surface area contributed by atoms with Crippen molar-refractivity contribution in [2.45, 2.75) is 57.4 Å². The molecule has 1 fully saturated rings. The molecule has 0 radical (unpaired) electrons. The van der Waals surface area contributed by atoms with Crippen molar-refractivity contribution < 1.29 is 26.8 Å². The number of hydrogen-bond acceptors (Lipinski definition) is 6. The fourth-order valence-corrected chi connectivity index (χ4v) is 4.18. The van der Waals surface area contributed by atoms with Gasteiger partial charge >= 0.3 is 6.18 Å². The molecule has 8 nitrogen and oxygen atoms in total. The monoisotopic (exact) mass is 534 g/mol. The number of nitrogens with one attached hydrogen (secondary N) is 2. The maximum Gasteiger partial charge on any atom is 0.393 e. The minimum atomic E-state index is -4.49. The van der Waals surface area contributed by atoms with Crippen LogP contribution in [0.2, 0.25) is 0 Å². The number of pyridine rings is 1. The second-order valence-electron chi connectivity index (χ2n) is 10.4. The molecule has 12 heteroatoms. The van der Waals surface area contributed by atoms with Crippen LogP contribution in [0.5, 0.6) is 0 Å². The van der Waals surface area contributed by atoms with Crippen LogP contribution in [0.1, 0.15) is 54.8 Å². The Bertz CT molecular complexity index is 1360. The van der Waals surface area contributed by atoms with Crippen molar-refractivity contribution >= 4 is 17.2 Å². The Morgan fingerprint density at radius 1 is 1.26 bits per heavy atom. The van der Waals surface area contributed by atoms with Gasteiger partial charge in [-0.05, 0) is 31.5 Å². The number of carbonyl (C=O) groups is 1. The summed E-state index contributed by atoms with van der Waals surface area (Å²) in [4.78, 5) is 18.4. The molecule has 1 saturated heterocycles. The van der Waals surface area contributed by atoms with E-state index in [0.717, 1.165) is 0 Å². The standard InChI is InChI=1S/C26H30F4N6O2/c1-25(2,3)24-33-20(15-38-24)23(37)31-11-6-7-18-16(13-26(28,29)30)21-8-5-9-22(36(21)34-18)32-19-10-12-35(4)14-17(19)27/h5,8-9,15,17,19,32H,10-14H2,1-4H3,(H,31,37)/t17-,19+/m0/s1. The molecule has 1 aliphatic heterocycles. The molecule has 0 saturated carbocycles. The summed E-state index contributed by atoms with van der Waals surface area (Å²) in [6.07, 6.45) is -5.08. The zero-order valence-corrected chi connectivity index (χ0v) is 21.6. The van der Waals surface area contributed by atoms with Gasteiger partial charge in [0.15, 0.2) is 11.6 Å². The number of rotatable bonds is 5. The number of piperidine rings is 1. The lowest BCUT2D eigenvalue weighted by molar-refractivity contribution is -0.127. The molecule has 1 amide bonds. The molecule has 4 heterocycles. The van der Waals surface area contributed by atoms with Crippen molar-refractivity contribution in [3.05, 3.63) is 47.3 Å². The molecule has 0 aromatic carbocycles. The smallest absolute Gasteiger partial charge is 0.393 e. The number of oxazole rings is 1. The predicted molar refractivity (Wildman–Crippen MR) is 134 cm³/mol. The van der Waals surface area contributed by atoms with Gasteiger partial charge in [-0.1, -0.05) is 32.8 Å². The first-order valence-corrected chi connectivity index (χ1v) is 12.2. The van der Waals surface area contributed by atoms with Gasteiger partial charge in [0.05, 0.1) is 24.5 Å². The summed E-state index contributed by atoms with van der Waals surface area (Å²) in [7, 11) is 1.84. The first kappa shape index (κ1) is 27.4. The molecule has 3 aromatic heterocycles. The van der Waals surface area contributed by atoms with Crippen molar-refractivity contribution in [1.82, 2.24) is 24.8 Å². The van der Waals surface area contributed by atoms with Crippen molar-refractivity contribution in [3.8, 4) is 11.8 Å². The normalized spacial score (nSPS) is 18.7. The SMILES string of the molecule is CN1CC[C@@H](Nc2cccc3c(CC(F)(F)F)c(C#CCNC(=O)c4coc(C(C)(C)C)n4)nn23)[C@@H](F)C1. The molecule has 1 aliphatic rings. The predicted octanol–water partition coefficient (Wildman–Crippen LogP) is 3.96. The topological polar surface area (TPSA) is 87.7 Å². The number of fused-ring (bicyclic) bond motifs is 1. The molecule has 3 aromatic rings. The van der Waals surface area contributed by atoms with E-state index in [9.17, 15) is 22.4 Å². The minimum absolute atomic E-state index is 0.0672. The maximum atomic E-state index is 14.6. The maximum absolute atomic E-state index is 14.6. The third-order valence-corrected chi connectivity index (χ3v) is 6.14. The summed E-state index contributed by atoms with van der Waals surface area (Å²) < 4.78 is 61.5. The highest BCUT2D eigenvalue weighted by Gasteiger charge is 2.32. The van der Waals surface area contributed by atoms with Crippen LogP contribution in [0.15, 0.2) is 28.9 Å². The van der Waals surface area contributed by atoms with Gasteiger partial charge < -0.3 is 20.0 Å². The second kappa shape index (κ2) is 10.6. The first-order valence-electron chi connectivity index (χ1n) is 12.2. The number of alkyl halides is 4.